The molecule has 2 N–H and O–H groups in total. The molecular weight excluding hydrogens is 366 g/mol. The summed E-state index contributed by atoms with van der Waals surface area (Å²) in [5, 5.41) is 12.8. The number of carbonyl (C=O) groups is 2. The van der Waals surface area contributed by atoms with Gasteiger partial charge in [-0.15, -0.1) is 0 Å². The molecule has 1 unspecified atom stereocenters. The van der Waals surface area contributed by atoms with Gasteiger partial charge in [0.1, 0.15) is 0 Å². The Balaban J connectivity index is 2.13. The van der Waals surface area contributed by atoms with Gasteiger partial charge in [-0.2, -0.15) is 0 Å². The third-order valence-electron chi connectivity index (χ3n) is 4.80. The van der Waals surface area contributed by atoms with Gasteiger partial charge in [-0.1, -0.05) is 50.2 Å². The van der Waals surface area contributed by atoms with Crippen LogP contribution in [0.4, 0.5) is 5.69 Å². The molecule has 29 heavy (non-hydrogen) atoms. The molecule has 0 saturated carbocycles. The van der Waals surface area contributed by atoms with Crippen LogP contribution in [0.2, 0.25) is 0 Å². The largest absolute Gasteiger partial charge is 0.395 e. The van der Waals surface area contributed by atoms with Gasteiger partial charge >= 0.3 is 0 Å². The van der Waals surface area contributed by atoms with Gasteiger partial charge in [-0.25, -0.2) is 0 Å². The van der Waals surface area contributed by atoms with E-state index in [2.05, 4.69) is 5.32 Å². The number of hydrogen-bond acceptors (Lipinski definition) is 4. The fourth-order valence-corrected chi connectivity index (χ4v) is 3.23. The molecule has 0 aromatic heterocycles. The van der Waals surface area contributed by atoms with Crippen molar-refractivity contribution in [1.82, 2.24) is 9.80 Å². The van der Waals surface area contributed by atoms with E-state index in [1.807, 2.05) is 49.1 Å². The van der Waals surface area contributed by atoms with Crippen LogP contribution in [0.1, 0.15) is 29.8 Å². The Morgan fingerprint density at radius 2 is 1.72 bits per heavy atom. The van der Waals surface area contributed by atoms with Crippen LogP contribution < -0.4 is 5.32 Å². The van der Waals surface area contributed by atoms with Crippen molar-refractivity contribution in [2.24, 2.45) is 5.92 Å². The molecule has 0 spiro atoms. The van der Waals surface area contributed by atoms with Crippen LogP contribution in [0.15, 0.2) is 54.6 Å². The summed E-state index contributed by atoms with van der Waals surface area (Å²) in [7, 11) is 3.38. The minimum Gasteiger partial charge on any atom is -0.395 e. The second kappa shape index (κ2) is 10.7. The van der Waals surface area contributed by atoms with Crippen LogP contribution in [0.5, 0.6) is 0 Å². The summed E-state index contributed by atoms with van der Waals surface area (Å²) >= 11 is 0. The van der Waals surface area contributed by atoms with E-state index in [1.54, 1.807) is 38.4 Å². The second-order valence-electron chi connectivity index (χ2n) is 7.71. The highest BCUT2D eigenvalue weighted by Crippen LogP contribution is 2.16. The monoisotopic (exact) mass is 397 g/mol. The minimum atomic E-state index is -0.186. The highest BCUT2D eigenvalue weighted by molar-refractivity contribution is 5.97. The molecule has 156 valence electrons. The normalized spacial score (nSPS) is 12.1. The van der Waals surface area contributed by atoms with E-state index in [0.29, 0.717) is 17.8 Å². The number of anilines is 1. The fraction of sp³-hybridized carbons (Fsp3) is 0.391. The highest BCUT2D eigenvalue weighted by atomic mass is 16.3. The first kappa shape index (κ1) is 22.6. The Labute approximate surface area is 173 Å². The maximum Gasteiger partial charge on any atom is 0.253 e. The van der Waals surface area contributed by atoms with Crippen molar-refractivity contribution in [2.75, 3.05) is 32.6 Å². The lowest BCUT2D eigenvalue weighted by Crippen LogP contribution is -2.45. The van der Waals surface area contributed by atoms with Crippen molar-refractivity contribution in [3.8, 4) is 0 Å². The maximum atomic E-state index is 12.7. The van der Waals surface area contributed by atoms with Gasteiger partial charge in [0.25, 0.3) is 5.91 Å². The number of nitrogens with zero attached hydrogens (tertiary/aromatic N) is 2. The van der Waals surface area contributed by atoms with Gasteiger partial charge in [0.05, 0.1) is 13.2 Å². The molecule has 2 amide bonds. The summed E-state index contributed by atoms with van der Waals surface area (Å²) in [6.45, 7) is 4.76. The molecular formula is C23H31N3O3. The van der Waals surface area contributed by atoms with E-state index in [0.717, 1.165) is 5.56 Å². The summed E-state index contributed by atoms with van der Waals surface area (Å²) in [6.07, 6.45) is 0. The highest BCUT2D eigenvalue weighted by Gasteiger charge is 2.23. The van der Waals surface area contributed by atoms with Crippen LogP contribution in [-0.4, -0.2) is 60.0 Å². The van der Waals surface area contributed by atoms with Gasteiger partial charge in [-0.05, 0) is 29.7 Å². The average Bonchev–Trinajstić information content (AvgIpc) is 2.68. The third-order valence-corrected chi connectivity index (χ3v) is 4.80. The summed E-state index contributed by atoms with van der Waals surface area (Å²) in [6, 6.07) is 16.7. The van der Waals surface area contributed by atoms with Gasteiger partial charge in [0.15, 0.2) is 0 Å². The zero-order chi connectivity index (χ0) is 21.4. The van der Waals surface area contributed by atoms with Gasteiger partial charge in [0, 0.05) is 37.9 Å². The van der Waals surface area contributed by atoms with Crippen LogP contribution >= 0.6 is 0 Å². The third kappa shape index (κ3) is 6.69. The summed E-state index contributed by atoms with van der Waals surface area (Å²) < 4.78 is 0. The topological polar surface area (TPSA) is 72.9 Å². The minimum absolute atomic E-state index is 0.0232. The lowest BCUT2D eigenvalue weighted by molar-refractivity contribution is -0.118. The zero-order valence-electron chi connectivity index (χ0n) is 17.6. The number of rotatable bonds is 9. The predicted molar refractivity (Wildman–Crippen MR) is 116 cm³/mol. The Morgan fingerprint density at radius 1 is 1.03 bits per heavy atom. The molecule has 2 aromatic carbocycles. The molecule has 2 aromatic rings. The quantitative estimate of drug-likeness (QED) is 0.682. The Hall–Kier alpha value is -2.70. The summed E-state index contributed by atoms with van der Waals surface area (Å²) in [5.41, 5.74) is 2.18. The zero-order valence-corrected chi connectivity index (χ0v) is 17.6. The van der Waals surface area contributed by atoms with Crippen molar-refractivity contribution in [2.45, 2.75) is 26.4 Å². The number of benzene rings is 2. The molecule has 0 aliphatic heterocycles. The van der Waals surface area contributed by atoms with Crippen molar-refractivity contribution in [3.05, 3.63) is 65.7 Å². The van der Waals surface area contributed by atoms with Crippen LogP contribution in [-0.2, 0) is 11.3 Å². The molecule has 0 aliphatic carbocycles. The van der Waals surface area contributed by atoms with E-state index >= 15 is 0 Å². The van der Waals surface area contributed by atoms with Crippen molar-refractivity contribution in [3.63, 3.8) is 0 Å². The van der Waals surface area contributed by atoms with E-state index in [9.17, 15) is 14.7 Å². The van der Waals surface area contributed by atoms with Crippen LogP contribution in [0, 0.1) is 5.92 Å². The molecule has 0 bridgehead atoms. The lowest BCUT2D eigenvalue weighted by atomic mass is 10.0. The molecule has 0 saturated heterocycles. The molecule has 0 fully saturated rings. The van der Waals surface area contributed by atoms with Crippen molar-refractivity contribution >= 4 is 17.5 Å². The molecule has 6 nitrogen and oxygen atoms in total. The van der Waals surface area contributed by atoms with E-state index in [-0.39, 0.29) is 36.9 Å². The standard InChI is InChI=1S/C23H31N3O3/c1-17(2)21(16-27)26(14-18-9-6-5-7-10-18)15-22(28)24-20-12-8-11-19(13-20)23(29)25(3)4/h5-13,17,21,27H,14-16H2,1-4H3,(H,24,28). The number of amides is 2. The van der Waals surface area contributed by atoms with Gasteiger partial charge in [0.2, 0.25) is 5.91 Å². The molecule has 0 radical (unpaired) electrons. The number of carbonyl (C=O) groups excluding carboxylic acids is 2. The molecule has 2 rings (SSSR count). The van der Waals surface area contributed by atoms with Crippen LogP contribution in [0.3, 0.4) is 0 Å². The molecule has 0 heterocycles. The Morgan fingerprint density at radius 3 is 2.31 bits per heavy atom. The molecule has 1 atom stereocenters. The summed E-state index contributed by atoms with van der Waals surface area (Å²) in [4.78, 5) is 28.4. The Kier molecular flexibility index (Phi) is 8.36. The summed E-state index contributed by atoms with van der Waals surface area (Å²) in [5.74, 6) is -0.112. The van der Waals surface area contributed by atoms with Crippen molar-refractivity contribution in [1.29, 1.82) is 0 Å². The van der Waals surface area contributed by atoms with Gasteiger partial charge < -0.3 is 15.3 Å². The van der Waals surface area contributed by atoms with Gasteiger partial charge in [-0.3, -0.25) is 14.5 Å². The van der Waals surface area contributed by atoms with Crippen molar-refractivity contribution < 1.29 is 14.7 Å². The van der Waals surface area contributed by atoms with E-state index < -0.39 is 0 Å². The fourth-order valence-electron chi connectivity index (χ4n) is 3.23. The number of aliphatic hydroxyl groups is 1. The Bertz CT molecular complexity index is 806. The van der Waals surface area contributed by atoms with E-state index in [4.69, 9.17) is 0 Å². The van der Waals surface area contributed by atoms with E-state index in [1.165, 1.54) is 4.90 Å². The molecule has 0 aliphatic rings. The SMILES string of the molecule is CC(C)C(CO)N(CC(=O)Nc1cccc(C(=O)N(C)C)c1)Cc1ccccc1. The first-order chi connectivity index (χ1) is 13.8. The first-order valence-corrected chi connectivity index (χ1v) is 9.82. The number of hydrogen-bond donors (Lipinski definition) is 2. The smallest absolute Gasteiger partial charge is 0.253 e. The average molecular weight is 398 g/mol. The predicted octanol–water partition coefficient (Wildman–Crippen LogP) is 2.85. The molecule has 6 heteroatoms. The maximum absolute atomic E-state index is 12.7. The lowest BCUT2D eigenvalue weighted by Gasteiger charge is -2.32. The first-order valence-electron chi connectivity index (χ1n) is 9.82. The second-order valence-corrected chi connectivity index (χ2v) is 7.71. The number of aliphatic hydroxyl groups excluding tert-OH is 1. The van der Waals surface area contributed by atoms with Crippen LogP contribution in [0.25, 0.3) is 0 Å². The number of nitrogens with one attached hydrogen (secondary N) is 1.